The van der Waals surface area contributed by atoms with Crippen LogP contribution < -0.4 is 4.90 Å². The predicted molar refractivity (Wildman–Crippen MR) is 229 cm³/mol. The van der Waals surface area contributed by atoms with Crippen LogP contribution in [0.4, 0.5) is 17.1 Å². The second kappa shape index (κ2) is 12.5. The molecule has 0 fully saturated rings. The molecule has 0 bridgehead atoms. The number of aromatic nitrogens is 1. The van der Waals surface area contributed by atoms with E-state index in [9.17, 15) is 0 Å². The first-order chi connectivity index (χ1) is 26.4. The first-order valence-corrected chi connectivity index (χ1v) is 18.8. The van der Waals surface area contributed by atoms with Gasteiger partial charge >= 0.3 is 0 Å². The number of fused-ring (bicyclic) bond motifs is 5. The van der Waals surface area contributed by atoms with Crippen LogP contribution in [0.1, 0.15) is 30.5 Å². The van der Waals surface area contributed by atoms with Crippen LogP contribution in [0.3, 0.4) is 0 Å². The minimum Gasteiger partial charge on any atom is -0.310 e. The van der Waals surface area contributed by atoms with Gasteiger partial charge in [0.2, 0.25) is 0 Å². The number of aryl methyl sites for hydroxylation is 1. The molecule has 2 nitrogen and oxygen atoms in total. The number of nitrogens with zero attached hydrogens (tertiary/aromatic N) is 2. The summed E-state index contributed by atoms with van der Waals surface area (Å²) >= 11 is 0. The van der Waals surface area contributed by atoms with Crippen molar-refractivity contribution in [1.82, 2.24) is 4.57 Å². The summed E-state index contributed by atoms with van der Waals surface area (Å²) in [7, 11) is 0. The number of hydrogen-bond donors (Lipinski definition) is 0. The van der Waals surface area contributed by atoms with Crippen LogP contribution in [0.25, 0.3) is 60.9 Å². The first-order valence-electron chi connectivity index (χ1n) is 18.8. The van der Waals surface area contributed by atoms with Gasteiger partial charge in [0.05, 0.1) is 22.4 Å². The Morgan fingerprint density at radius 3 is 1.44 bits per heavy atom. The molecule has 0 saturated heterocycles. The molecule has 1 aliphatic heterocycles. The summed E-state index contributed by atoms with van der Waals surface area (Å²) < 4.78 is 2.43. The lowest BCUT2D eigenvalue weighted by molar-refractivity contribution is 0.632. The van der Waals surface area contributed by atoms with E-state index in [4.69, 9.17) is 0 Å². The van der Waals surface area contributed by atoms with Crippen LogP contribution in [-0.2, 0) is 5.41 Å². The van der Waals surface area contributed by atoms with Crippen LogP contribution in [-0.4, -0.2) is 4.57 Å². The van der Waals surface area contributed by atoms with E-state index in [-0.39, 0.29) is 5.41 Å². The number of benzene rings is 8. The fourth-order valence-corrected chi connectivity index (χ4v) is 8.71. The highest BCUT2D eigenvalue weighted by Crippen LogP contribution is 2.52. The fraction of sp³-hybridized carbons (Fsp3) is 0.0769. The van der Waals surface area contributed by atoms with E-state index >= 15 is 0 Å². The van der Waals surface area contributed by atoms with Gasteiger partial charge in [-0.05, 0) is 112 Å². The average molecular weight is 693 g/mol. The molecule has 0 amide bonds. The normalized spacial score (nSPS) is 13.2. The van der Waals surface area contributed by atoms with E-state index < -0.39 is 0 Å². The SMILES string of the molecule is Cc1cccc(-c2ccc3c(c2)c2cc(-c4cccc(N5c6ccccc6C(C)(C)c6ccccc65)c4)ccc2n3-c2cccc(-c3ccccc3)c2)c1. The second-order valence-corrected chi connectivity index (χ2v) is 15.1. The summed E-state index contributed by atoms with van der Waals surface area (Å²) in [6, 6.07) is 69.1. The zero-order valence-corrected chi connectivity index (χ0v) is 30.8. The van der Waals surface area contributed by atoms with E-state index in [1.807, 2.05) is 0 Å². The molecule has 54 heavy (non-hydrogen) atoms. The smallest absolute Gasteiger partial charge is 0.0541 e. The molecule has 0 spiro atoms. The van der Waals surface area contributed by atoms with Crippen molar-refractivity contribution in [2.75, 3.05) is 4.90 Å². The van der Waals surface area contributed by atoms with Crippen LogP contribution in [0.5, 0.6) is 0 Å². The lowest BCUT2D eigenvalue weighted by Gasteiger charge is -2.42. The number of anilines is 3. The minimum absolute atomic E-state index is 0.0988. The molecule has 0 atom stereocenters. The molecule has 258 valence electrons. The number of rotatable bonds is 5. The summed E-state index contributed by atoms with van der Waals surface area (Å²) in [6.45, 7) is 6.84. The van der Waals surface area contributed by atoms with Crippen LogP contribution >= 0.6 is 0 Å². The summed E-state index contributed by atoms with van der Waals surface area (Å²) in [4.78, 5) is 2.44. The van der Waals surface area contributed by atoms with Crippen LogP contribution in [0.15, 0.2) is 188 Å². The second-order valence-electron chi connectivity index (χ2n) is 15.1. The van der Waals surface area contributed by atoms with Gasteiger partial charge in [0, 0.05) is 27.6 Å². The Morgan fingerprint density at radius 2 is 0.833 bits per heavy atom. The van der Waals surface area contributed by atoms with Crippen molar-refractivity contribution in [2.24, 2.45) is 0 Å². The zero-order valence-electron chi connectivity index (χ0n) is 30.8. The molecule has 1 aromatic heterocycles. The number of para-hydroxylation sites is 2. The molecular formula is C52H40N2. The summed E-state index contributed by atoms with van der Waals surface area (Å²) in [6.07, 6.45) is 0. The van der Waals surface area contributed by atoms with Gasteiger partial charge in [0.25, 0.3) is 0 Å². The van der Waals surface area contributed by atoms with Crippen molar-refractivity contribution >= 4 is 38.9 Å². The van der Waals surface area contributed by atoms with Crippen molar-refractivity contribution in [2.45, 2.75) is 26.2 Å². The molecule has 9 aromatic rings. The van der Waals surface area contributed by atoms with Crippen molar-refractivity contribution < 1.29 is 0 Å². The lowest BCUT2D eigenvalue weighted by Crippen LogP contribution is -2.30. The van der Waals surface area contributed by atoms with Crippen LogP contribution in [0, 0.1) is 6.92 Å². The average Bonchev–Trinajstić information content (AvgIpc) is 3.54. The monoisotopic (exact) mass is 692 g/mol. The van der Waals surface area contributed by atoms with Gasteiger partial charge in [-0.3, -0.25) is 0 Å². The third kappa shape index (κ3) is 5.17. The molecule has 2 heteroatoms. The maximum Gasteiger partial charge on any atom is 0.0541 e. The Morgan fingerprint density at radius 1 is 0.370 bits per heavy atom. The minimum atomic E-state index is -0.0988. The Bertz CT molecular complexity index is 2830. The molecule has 0 radical (unpaired) electrons. The maximum atomic E-state index is 2.44. The Balaban J connectivity index is 1.15. The zero-order chi connectivity index (χ0) is 36.4. The molecule has 2 heterocycles. The van der Waals surface area contributed by atoms with Gasteiger partial charge in [0.1, 0.15) is 0 Å². The third-order valence-corrected chi connectivity index (χ3v) is 11.4. The Kier molecular flexibility index (Phi) is 7.42. The predicted octanol–water partition coefficient (Wildman–Crippen LogP) is 14.2. The molecular weight excluding hydrogens is 653 g/mol. The van der Waals surface area contributed by atoms with Gasteiger partial charge in [-0.2, -0.15) is 0 Å². The molecule has 0 unspecified atom stereocenters. The van der Waals surface area contributed by atoms with Gasteiger partial charge < -0.3 is 9.47 Å². The highest BCUT2D eigenvalue weighted by molar-refractivity contribution is 6.11. The van der Waals surface area contributed by atoms with E-state index in [1.165, 1.54) is 83.3 Å². The number of hydrogen-bond acceptors (Lipinski definition) is 1. The van der Waals surface area contributed by atoms with E-state index in [0.717, 1.165) is 11.4 Å². The van der Waals surface area contributed by atoms with E-state index in [0.29, 0.717) is 0 Å². The van der Waals surface area contributed by atoms with Gasteiger partial charge in [-0.15, -0.1) is 0 Å². The van der Waals surface area contributed by atoms with Crippen LogP contribution in [0.2, 0.25) is 0 Å². The molecule has 1 aliphatic rings. The standard InChI is InChI=1S/C52H40N2/c1-35-14-11-17-37(30-35)40-26-28-48-44(33-40)45-34-41(27-29-49(45)53(48)42-20-12-18-38(31-42)36-15-5-4-6-16-36)39-19-13-21-43(32-39)54-50-24-9-7-22-46(50)52(2,3)47-23-8-10-25-51(47)54/h4-34H,1-3H3. The summed E-state index contributed by atoms with van der Waals surface area (Å²) in [5.41, 5.74) is 18.3. The van der Waals surface area contributed by atoms with Crippen molar-refractivity contribution in [1.29, 1.82) is 0 Å². The molecule has 0 saturated carbocycles. The molecule has 10 rings (SSSR count). The maximum absolute atomic E-state index is 2.44. The summed E-state index contributed by atoms with van der Waals surface area (Å²) in [5, 5.41) is 2.48. The molecule has 8 aromatic carbocycles. The summed E-state index contributed by atoms with van der Waals surface area (Å²) in [5.74, 6) is 0. The topological polar surface area (TPSA) is 8.17 Å². The van der Waals surface area contributed by atoms with E-state index in [1.54, 1.807) is 0 Å². The quantitative estimate of drug-likeness (QED) is 0.174. The Labute approximate surface area is 317 Å². The van der Waals surface area contributed by atoms with Gasteiger partial charge in [0.15, 0.2) is 0 Å². The Hall–Kier alpha value is -6.64. The highest BCUT2D eigenvalue weighted by atomic mass is 15.2. The third-order valence-electron chi connectivity index (χ3n) is 11.4. The fourth-order valence-electron chi connectivity index (χ4n) is 8.71. The van der Waals surface area contributed by atoms with Gasteiger partial charge in [-0.25, -0.2) is 0 Å². The highest BCUT2D eigenvalue weighted by Gasteiger charge is 2.36. The molecule has 0 aliphatic carbocycles. The van der Waals surface area contributed by atoms with Crippen molar-refractivity contribution in [3.05, 3.63) is 205 Å². The van der Waals surface area contributed by atoms with E-state index in [2.05, 4.69) is 218 Å². The first kappa shape index (κ1) is 32.0. The lowest BCUT2D eigenvalue weighted by atomic mass is 9.73. The van der Waals surface area contributed by atoms with Crippen molar-refractivity contribution in [3.8, 4) is 39.1 Å². The van der Waals surface area contributed by atoms with Crippen molar-refractivity contribution in [3.63, 3.8) is 0 Å². The molecule has 0 N–H and O–H groups in total. The van der Waals surface area contributed by atoms with Gasteiger partial charge in [-0.1, -0.05) is 147 Å². The largest absolute Gasteiger partial charge is 0.310 e.